The van der Waals surface area contributed by atoms with Gasteiger partial charge in [0.15, 0.2) is 0 Å². The van der Waals surface area contributed by atoms with Crippen LogP contribution < -0.4 is 5.73 Å². The molecule has 1 fully saturated rings. The molecule has 3 heteroatoms. The topological polar surface area (TPSA) is 35.2 Å². The zero-order valence-electron chi connectivity index (χ0n) is 11.2. The van der Waals surface area contributed by atoms with Gasteiger partial charge < -0.3 is 10.5 Å². The zero-order chi connectivity index (χ0) is 13.2. The first-order valence-corrected chi connectivity index (χ1v) is 6.61. The van der Waals surface area contributed by atoms with Crippen LogP contribution in [-0.4, -0.2) is 12.1 Å². The van der Waals surface area contributed by atoms with Gasteiger partial charge in [-0.25, -0.2) is 4.39 Å². The summed E-state index contributed by atoms with van der Waals surface area (Å²) in [6, 6.07) is 6.76. The predicted octanol–water partition coefficient (Wildman–Crippen LogP) is 3.25. The minimum atomic E-state index is -0.207. The Labute approximate surface area is 108 Å². The summed E-state index contributed by atoms with van der Waals surface area (Å²) in [5, 5.41) is 0. The maximum Gasteiger partial charge on any atom is 0.128 e. The second-order valence-corrected chi connectivity index (χ2v) is 5.85. The van der Waals surface area contributed by atoms with Crippen molar-refractivity contribution in [3.8, 4) is 0 Å². The van der Waals surface area contributed by atoms with Gasteiger partial charge in [-0.05, 0) is 24.3 Å². The van der Waals surface area contributed by atoms with E-state index in [4.69, 9.17) is 10.5 Å². The number of benzene rings is 1. The van der Waals surface area contributed by atoms with Crippen LogP contribution >= 0.6 is 0 Å². The molecule has 2 unspecified atom stereocenters. The van der Waals surface area contributed by atoms with E-state index in [9.17, 15) is 4.39 Å². The molecule has 1 aliphatic rings. The molecule has 0 spiro atoms. The lowest BCUT2D eigenvalue weighted by Gasteiger charge is -2.41. The highest BCUT2D eigenvalue weighted by Gasteiger charge is 2.36. The summed E-state index contributed by atoms with van der Waals surface area (Å²) in [7, 11) is 0. The van der Waals surface area contributed by atoms with E-state index in [-0.39, 0.29) is 23.4 Å². The highest BCUT2D eigenvalue weighted by atomic mass is 19.1. The molecule has 18 heavy (non-hydrogen) atoms. The SMILES string of the molecule is CC1(C)CCCC(OCc2ccccc2F)C1N. The first-order chi connectivity index (χ1) is 8.50. The number of hydrogen-bond donors (Lipinski definition) is 1. The lowest BCUT2D eigenvalue weighted by atomic mass is 9.72. The Hall–Kier alpha value is -0.930. The van der Waals surface area contributed by atoms with Gasteiger partial charge in [0.05, 0.1) is 12.7 Å². The fourth-order valence-electron chi connectivity index (χ4n) is 2.61. The molecule has 0 amide bonds. The van der Waals surface area contributed by atoms with Crippen LogP contribution in [-0.2, 0) is 11.3 Å². The molecule has 0 saturated heterocycles. The number of ether oxygens (including phenoxy) is 1. The Morgan fingerprint density at radius 3 is 2.83 bits per heavy atom. The molecule has 2 N–H and O–H groups in total. The van der Waals surface area contributed by atoms with Crippen molar-refractivity contribution in [2.45, 2.75) is 51.9 Å². The molecular weight excluding hydrogens is 229 g/mol. The van der Waals surface area contributed by atoms with Crippen LogP contribution in [0, 0.1) is 11.2 Å². The summed E-state index contributed by atoms with van der Waals surface area (Å²) in [4.78, 5) is 0. The molecule has 100 valence electrons. The maximum atomic E-state index is 13.5. The van der Waals surface area contributed by atoms with E-state index in [0.29, 0.717) is 12.2 Å². The summed E-state index contributed by atoms with van der Waals surface area (Å²) < 4.78 is 19.3. The van der Waals surface area contributed by atoms with Gasteiger partial charge in [0.2, 0.25) is 0 Å². The summed E-state index contributed by atoms with van der Waals surface area (Å²) in [5.41, 5.74) is 6.95. The minimum absolute atomic E-state index is 0.0259. The number of rotatable bonds is 3. The van der Waals surface area contributed by atoms with Crippen molar-refractivity contribution in [3.05, 3.63) is 35.6 Å². The van der Waals surface area contributed by atoms with Crippen molar-refractivity contribution in [1.29, 1.82) is 0 Å². The van der Waals surface area contributed by atoms with E-state index < -0.39 is 0 Å². The fourth-order valence-corrected chi connectivity index (χ4v) is 2.61. The predicted molar refractivity (Wildman–Crippen MR) is 70.6 cm³/mol. The van der Waals surface area contributed by atoms with Crippen LogP contribution in [0.4, 0.5) is 4.39 Å². The molecule has 0 radical (unpaired) electrons. The lowest BCUT2D eigenvalue weighted by molar-refractivity contribution is -0.0340. The molecule has 1 saturated carbocycles. The lowest BCUT2D eigenvalue weighted by Crippen LogP contribution is -2.50. The van der Waals surface area contributed by atoms with Crippen molar-refractivity contribution in [2.75, 3.05) is 0 Å². The quantitative estimate of drug-likeness (QED) is 0.895. The molecule has 0 bridgehead atoms. The molecule has 2 nitrogen and oxygen atoms in total. The number of hydrogen-bond acceptors (Lipinski definition) is 2. The van der Waals surface area contributed by atoms with E-state index in [1.165, 1.54) is 6.07 Å². The minimum Gasteiger partial charge on any atom is -0.372 e. The monoisotopic (exact) mass is 251 g/mol. The van der Waals surface area contributed by atoms with Gasteiger partial charge in [0.25, 0.3) is 0 Å². The third kappa shape index (κ3) is 2.90. The van der Waals surface area contributed by atoms with Gasteiger partial charge in [-0.1, -0.05) is 38.5 Å². The van der Waals surface area contributed by atoms with Crippen molar-refractivity contribution in [3.63, 3.8) is 0 Å². The average molecular weight is 251 g/mol. The third-order valence-corrected chi connectivity index (χ3v) is 4.02. The van der Waals surface area contributed by atoms with E-state index in [0.717, 1.165) is 19.3 Å². The number of halogens is 1. The number of nitrogens with two attached hydrogens (primary N) is 1. The van der Waals surface area contributed by atoms with E-state index in [2.05, 4.69) is 13.8 Å². The Bertz CT molecular complexity index is 405. The first-order valence-electron chi connectivity index (χ1n) is 6.61. The zero-order valence-corrected chi connectivity index (χ0v) is 11.2. The van der Waals surface area contributed by atoms with Crippen LogP contribution in [0.2, 0.25) is 0 Å². The maximum absolute atomic E-state index is 13.5. The molecule has 1 aliphatic carbocycles. The van der Waals surface area contributed by atoms with Crippen LogP contribution in [0.5, 0.6) is 0 Å². The molecule has 1 aromatic rings. The van der Waals surface area contributed by atoms with Crippen molar-refractivity contribution < 1.29 is 9.13 Å². The largest absolute Gasteiger partial charge is 0.372 e. The van der Waals surface area contributed by atoms with Crippen molar-refractivity contribution >= 4 is 0 Å². The normalized spacial score (nSPS) is 27.1. The van der Waals surface area contributed by atoms with Gasteiger partial charge in [0.1, 0.15) is 5.82 Å². The van der Waals surface area contributed by atoms with Crippen LogP contribution in [0.3, 0.4) is 0 Å². The molecule has 0 aromatic heterocycles. The summed E-state index contributed by atoms with van der Waals surface area (Å²) in [5.74, 6) is -0.207. The first kappa shape index (κ1) is 13.5. The Kier molecular flexibility index (Phi) is 4.03. The van der Waals surface area contributed by atoms with Crippen molar-refractivity contribution in [1.82, 2.24) is 0 Å². The summed E-state index contributed by atoms with van der Waals surface area (Å²) in [6.45, 7) is 4.66. The van der Waals surface area contributed by atoms with E-state index in [1.54, 1.807) is 12.1 Å². The summed E-state index contributed by atoms with van der Waals surface area (Å²) in [6.07, 6.45) is 3.27. The average Bonchev–Trinajstić information content (AvgIpc) is 2.33. The van der Waals surface area contributed by atoms with Gasteiger partial charge in [-0.15, -0.1) is 0 Å². The molecule has 0 aliphatic heterocycles. The molecule has 2 atom stereocenters. The van der Waals surface area contributed by atoms with Crippen molar-refractivity contribution in [2.24, 2.45) is 11.1 Å². The molecule has 1 aromatic carbocycles. The second-order valence-electron chi connectivity index (χ2n) is 5.85. The molecule has 0 heterocycles. The Morgan fingerprint density at radius 1 is 1.39 bits per heavy atom. The Balaban J connectivity index is 1.96. The van der Waals surface area contributed by atoms with Crippen LogP contribution in [0.25, 0.3) is 0 Å². The Morgan fingerprint density at radius 2 is 2.11 bits per heavy atom. The van der Waals surface area contributed by atoms with E-state index in [1.807, 2.05) is 6.07 Å². The third-order valence-electron chi connectivity index (χ3n) is 4.02. The van der Waals surface area contributed by atoms with E-state index >= 15 is 0 Å². The van der Waals surface area contributed by atoms with Gasteiger partial charge >= 0.3 is 0 Å². The second kappa shape index (κ2) is 5.37. The standard InChI is InChI=1S/C15H22FNO/c1-15(2)9-5-8-13(14(15)17)18-10-11-6-3-4-7-12(11)16/h3-4,6-7,13-14H,5,8-10,17H2,1-2H3. The highest BCUT2D eigenvalue weighted by Crippen LogP contribution is 2.36. The van der Waals surface area contributed by atoms with Gasteiger partial charge in [-0.3, -0.25) is 0 Å². The molecular formula is C15H22FNO. The fraction of sp³-hybridized carbons (Fsp3) is 0.600. The smallest absolute Gasteiger partial charge is 0.128 e. The highest BCUT2D eigenvalue weighted by molar-refractivity contribution is 5.16. The van der Waals surface area contributed by atoms with Gasteiger partial charge in [0, 0.05) is 11.6 Å². The van der Waals surface area contributed by atoms with Crippen LogP contribution in [0.1, 0.15) is 38.7 Å². The molecule has 2 rings (SSSR count). The van der Waals surface area contributed by atoms with Crippen LogP contribution in [0.15, 0.2) is 24.3 Å². The van der Waals surface area contributed by atoms with Gasteiger partial charge in [-0.2, -0.15) is 0 Å². The summed E-state index contributed by atoms with van der Waals surface area (Å²) >= 11 is 0.